The van der Waals surface area contributed by atoms with Gasteiger partial charge >= 0.3 is 12.0 Å². The van der Waals surface area contributed by atoms with Crippen LogP contribution >= 0.6 is 0 Å². The first-order valence-electron chi connectivity index (χ1n) is 6.34. The monoisotopic (exact) mass is 258 g/mol. The molecule has 0 aromatic carbocycles. The summed E-state index contributed by atoms with van der Waals surface area (Å²) in [6, 6.07) is -1.18. The van der Waals surface area contributed by atoms with Crippen molar-refractivity contribution < 1.29 is 19.8 Å². The number of carbonyl (C=O) groups is 2. The summed E-state index contributed by atoms with van der Waals surface area (Å²) >= 11 is 0. The fraction of sp³-hybridized carbons (Fsp3) is 0.833. The molecule has 1 saturated heterocycles. The fourth-order valence-corrected chi connectivity index (χ4v) is 2.17. The first kappa shape index (κ1) is 14.8. The standard InChI is InChI=1S/C12H22N2O4/c1-8(2)10(11(16)17)13-12(18)14-5-3-9(7-14)4-6-15/h8-10,15H,3-7H2,1-2H3,(H,13,18)(H,16,17)/t9?,10-/m0/s1. The highest BCUT2D eigenvalue weighted by Crippen LogP contribution is 2.19. The van der Waals surface area contributed by atoms with Crippen LogP contribution in [0.1, 0.15) is 26.7 Å². The van der Waals surface area contributed by atoms with E-state index in [1.165, 1.54) is 0 Å². The molecule has 0 bridgehead atoms. The first-order valence-corrected chi connectivity index (χ1v) is 6.34. The van der Waals surface area contributed by atoms with Crippen LogP contribution in [0.3, 0.4) is 0 Å². The van der Waals surface area contributed by atoms with Crippen LogP contribution < -0.4 is 5.32 Å². The molecule has 2 amide bonds. The lowest BCUT2D eigenvalue weighted by molar-refractivity contribution is -0.140. The molecule has 1 aliphatic rings. The van der Waals surface area contributed by atoms with E-state index in [0.717, 1.165) is 6.42 Å². The van der Waals surface area contributed by atoms with Gasteiger partial charge in [-0.25, -0.2) is 9.59 Å². The van der Waals surface area contributed by atoms with Crippen LogP contribution in [0.5, 0.6) is 0 Å². The van der Waals surface area contributed by atoms with Gasteiger partial charge < -0.3 is 20.4 Å². The second kappa shape index (κ2) is 6.58. The SMILES string of the molecule is CC(C)[C@H](NC(=O)N1CCC(CCO)C1)C(=O)O. The van der Waals surface area contributed by atoms with Gasteiger partial charge in [-0.05, 0) is 24.7 Å². The van der Waals surface area contributed by atoms with Gasteiger partial charge in [0, 0.05) is 19.7 Å². The van der Waals surface area contributed by atoms with Gasteiger partial charge in [0.1, 0.15) is 6.04 Å². The molecule has 1 unspecified atom stereocenters. The number of likely N-dealkylation sites (tertiary alicyclic amines) is 1. The first-order chi connectivity index (χ1) is 8.45. The summed E-state index contributed by atoms with van der Waals surface area (Å²) in [5, 5.41) is 20.4. The Bertz CT molecular complexity index is 306. The molecule has 0 aliphatic carbocycles. The van der Waals surface area contributed by atoms with Gasteiger partial charge in [0.05, 0.1) is 0 Å². The van der Waals surface area contributed by atoms with E-state index in [2.05, 4.69) is 5.32 Å². The van der Waals surface area contributed by atoms with Gasteiger partial charge in [-0.2, -0.15) is 0 Å². The molecule has 3 N–H and O–H groups in total. The Labute approximate surface area is 107 Å². The predicted molar refractivity (Wildman–Crippen MR) is 66.2 cm³/mol. The van der Waals surface area contributed by atoms with Crippen LogP contribution in [0.15, 0.2) is 0 Å². The topological polar surface area (TPSA) is 89.9 Å². The normalized spacial score (nSPS) is 21.1. The van der Waals surface area contributed by atoms with E-state index in [1.807, 2.05) is 0 Å². The number of carbonyl (C=O) groups excluding carboxylic acids is 1. The molecule has 1 aliphatic heterocycles. The molecule has 0 saturated carbocycles. The molecule has 6 heteroatoms. The highest BCUT2D eigenvalue weighted by Gasteiger charge is 2.30. The molecule has 1 heterocycles. The predicted octanol–water partition coefficient (Wildman–Crippen LogP) is 0.509. The highest BCUT2D eigenvalue weighted by molar-refractivity contribution is 5.82. The lowest BCUT2D eigenvalue weighted by atomic mass is 10.1. The van der Waals surface area contributed by atoms with E-state index >= 15 is 0 Å². The van der Waals surface area contributed by atoms with E-state index < -0.39 is 12.0 Å². The number of amides is 2. The van der Waals surface area contributed by atoms with Crippen LogP contribution in [-0.2, 0) is 4.79 Å². The molecular weight excluding hydrogens is 236 g/mol. The van der Waals surface area contributed by atoms with Crippen molar-refractivity contribution in [2.45, 2.75) is 32.7 Å². The van der Waals surface area contributed by atoms with Gasteiger partial charge in [-0.15, -0.1) is 0 Å². The molecule has 1 rings (SSSR count). The number of nitrogens with one attached hydrogen (secondary N) is 1. The molecule has 0 aromatic rings. The van der Waals surface area contributed by atoms with Gasteiger partial charge in [-0.3, -0.25) is 0 Å². The molecule has 6 nitrogen and oxygen atoms in total. The van der Waals surface area contributed by atoms with Gasteiger partial charge in [0.2, 0.25) is 0 Å². The lowest BCUT2D eigenvalue weighted by Crippen LogP contribution is -2.49. The molecule has 0 aromatic heterocycles. The third kappa shape index (κ3) is 3.87. The molecule has 2 atom stereocenters. The number of aliphatic carboxylic acids is 1. The summed E-state index contributed by atoms with van der Waals surface area (Å²) in [7, 11) is 0. The molecule has 18 heavy (non-hydrogen) atoms. The minimum Gasteiger partial charge on any atom is -0.480 e. The van der Waals surface area contributed by atoms with E-state index in [1.54, 1.807) is 18.7 Å². The van der Waals surface area contributed by atoms with Crippen molar-refractivity contribution in [1.82, 2.24) is 10.2 Å². The number of carboxylic acids is 1. The van der Waals surface area contributed by atoms with Crippen molar-refractivity contribution in [2.24, 2.45) is 11.8 Å². The van der Waals surface area contributed by atoms with Crippen molar-refractivity contribution in [3.05, 3.63) is 0 Å². The minimum absolute atomic E-state index is 0.129. The molecule has 0 radical (unpaired) electrons. The third-order valence-corrected chi connectivity index (χ3v) is 3.32. The van der Waals surface area contributed by atoms with E-state index in [4.69, 9.17) is 10.2 Å². The zero-order chi connectivity index (χ0) is 13.7. The van der Waals surface area contributed by atoms with Crippen LogP contribution in [0, 0.1) is 11.8 Å². The summed E-state index contributed by atoms with van der Waals surface area (Å²) in [6.45, 7) is 4.87. The highest BCUT2D eigenvalue weighted by atomic mass is 16.4. The number of rotatable bonds is 5. The van der Waals surface area contributed by atoms with Crippen molar-refractivity contribution >= 4 is 12.0 Å². The van der Waals surface area contributed by atoms with Crippen LogP contribution in [-0.4, -0.2) is 52.9 Å². The largest absolute Gasteiger partial charge is 0.480 e. The second-order valence-electron chi connectivity index (χ2n) is 5.12. The number of aliphatic hydroxyl groups excluding tert-OH is 1. The van der Waals surface area contributed by atoms with E-state index in [9.17, 15) is 9.59 Å². The number of hydrogen-bond acceptors (Lipinski definition) is 3. The summed E-state index contributed by atoms with van der Waals surface area (Å²) in [6.07, 6.45) is 1.56. The van der Waals surface area contributed by atoms with E-state index in [-0.39, 0.29) is 18.6 Å². The number of nitrogens with zero attached hydrogens (tertiary/aromatic N) is 1. The van der Waals surface area contributed by atoms with Crippen molar-refractivity contribution in [2.75, 3.05) is 19.7 Å². The van der Waals surface area contributed by atoms with Gasteiger partial charge in [0.15, 0.2) is 0 Å². The summed E-state index contributed by atoms with van der Waals surface area (Å²) in [4.78, 5) is 24.5. The van der Waals surface area contributed by atoms with Crippen molar-refractivity contribution in [1.29, 1.82) is 0 Å². The third-order valence-electron chi connectivity index (χ3n) is 3.32. The maximum absolute atomic E-state index is 11.9. The maximum atomic E-state index is 11.9. The lowest BCUT2D eigenvalue weighted by Gasteiger charge is -2.23. The Balaban J connectivity index is 2.48. The van der Waals surface area contributed by atoms with Gasteiger partial charge in [-0.1, -0.05) is 13.8 Å². The Morgan fingerprint density at radius 3 is 2.61 bits per heavy atom. The molecule has 104 valence electrons. The quantitative estimate of drug-likeness (QED) is 0.670. The van der Waals surface area contributed by atoms with Crippen molar-refractivity contribution in [3.8, 4) is 0 Å². The van der Waals surface area contributed by atoms with Crippen LogP contribution in [0.25, 0.3) is 0 Å². The van der Waals surface area contributed by atoms with Crippen LogP contribution in [0.4, 0.5) is 4.79 Å². The molecule has 0 spiro atoms. The van der Waals surface area contributed by atoms with Crippen LogP contribution in [0.2, 0.25) is 0 Å². The molecule has 1 fully saturated rings. The number of hydrogen-bond donors (Lipinski definition) is 3. The fourth-order valence-electron chi connectivity index (χ4n) is 2.17. The number of urea groups is 1. The zero-order valence-corrected chi connectivity index (χ0v) is 10.9. The Kier molecular flexibility index (Phi) is 5.40. The summed E-state index contributed by atoms with van der Waals surface area (Å²) in [5.41, 5.74) is 0. The average Bonchev–Trinajstić information content (AvgIpc) is 2.73. The average molecular weight is 258 g/mol. The summed E-state index contributed by atoms with van der Waals surface area (Å²) < 4.78 is 0. The Morgan fingerprint density at radius 1 is 1.44 bits per heavy atom. The van der Waals surface area contributed by atoms with E-state index in [0.29, 0.717) is 25.4 Å². The Hall–Kier alpha value is -1.30. The minimum atomic E-state index is -1.01. The summed E-state index contributed by atoms with van der Waals surface area (Å²) in [5.74, 6) is -0.838. The number of carboxylic acid groups (broad SMARTS) is 1. The molecular formula is C12H22N2O4. The van der Waals surface area contributed by atoms with Crippen molar-refractivity contribution in [3.63, 3.8) is 0 Å². The number of aliphatic hydroxyl groups is 1. The maximum Gasteiger partial charge on any atom is 0.326 e. The smallest absolute Gasteiger partial charge is 0.326 e. The van der Waals surface area contributed by atoms with Gasteiger partial charge in [0.25, 0.3) is 0 Å². The zero-order valence-electron chi connectivity index (χ0n) is 10.9. The Morgan fingerprint density at radius 2 is 2.11 bits per heavy atom. The second-order valence-corrected chi connectivity index (χ2v) is 5.12.